The third-order valence-corrected chi connectivity index (χ3v) is 5.45. The Kier molecular flexibility index (Phi) is 7.22. The van der Waals surface area contributed by atoms with Crippen molar-refractivity contribution in [3.63, 3.8) is 0 Å². The number of nitrogens with zero attached hydrogens (tertiary/aromatic N) is 3. The van der Waals surface area contributed by atoms with Crippen LogP contribution in [-0.4, -0.2) is 80.1 Å². The summed E-state index contributed by atoms with van der Waals surface area (Å²) in [7, 11) is 0. The Morgan fingerprint density at radius 2 is 1.82 bits per heavy atom. The van der Waals surface area contributed by atoms with E-state index in [1.165, 1.54) is 12.1 Å². The van der Waals surface area contributed by atoms with Gasteiger partial charge in [-0.05, 0) is 43.8 Å². The third kappa shape index (κ3) is 5.65. The van der Waals surface area contributed by atoms with Crippen molar-refractivity contribution in [1.29, 1.82) is 0 Å². The van der Waals surface area contributed by atoms with E-state index in [0.717, 1.165) is 45.7 Å². The van der Waals surface area contributed by atoms with Gasteiger partial charge in [-0.15, -0.1) is 0 Å². The average Bonchev–Trinajstić information content (AvgIpc) is 3.06. The molecule has 0 aromatic heterocycles. The molecule has 8 heteroatoms. The van der Waals surface area contributed by atoms with Crippen LogP contribution in [0, 0.1) is 5.82 Å². The zero-order valence-corrected chi connectivity index (χ0v) is 16.5. The molecule has 2 aliphatic heterocycles. The minimum absolute atomic E-state index is 0.0665. The molecule has 2 N–H and O–H groups in total. The van der Waals surface area contributed by atoms with E-state index in [9.17, 15) is 14.0 Å². The van der Waals surface area contributed by atoms with Crippen molar-refractivity contribution >= 4 is 17.6 Å². The normalized spacial score (nSPS) is 21.1. The summed E-state index contributed by atoms with van der Waals surface area (Å²) in [6.45, 7) is 9.70. The van der Waals surface area contributed by atoms with Crippen molar-refractivity contribution in [2.75, 3.05) is 57.3 Å². The van der Waals surface area contributed by atoms with Gasteiger partial charge in [0.1, 0.15) is 5.82 Å². The SMILES string of the molecule is CCN1CCN(CCCNC(=O)N[C@H]2CC(=O)N(c3ccc(F)cc3)C2)CC1. The lowest BCUT2D eigenvalue weighted by atomic mass is 10.2. The van der Waals surface area contributed by atoms with Gasteiger partial charge in [-0.3, -0.25) is 4.79 Å². The monoisotopic (exact) mass is 391 g/mol. The van der Waals surface area contributed by atoms with Crippen molar-refractivity contribution in [2.24, 2.45) is 0 Å². The highest BCUT2D eigenvalue weighted by atomic mass is 19.1. The molecule has 0 unspecified atom stereocenters. The van der Waals surface area contributed by atoms with Gasteiger partial charge >= 0.3 is 6.03 Å². The van der Waals surface area contributed by atoms with E-state index in [2.05, 4.69) is 27.4 Å². The number of halogens is 1. The van der Waals surface area contributed by atoms with Gasteiger partial charge in [0.25, 0.3) is 0 Å². The van der Waals surface area contributed by atoms with E-state index in [4.69, 9.17) is 0 Å². The van der Waals surface area contributed by atoms with Gasteiger partial charge in [0.15, 0.2) is 0 Å². The van der Waals surface area contributed by atoms with Crippen molar-refractivity contribution < 1.29 is 14.0 Å². The van der Waals surface area contributed by atoms with Crippen LogP contribution in [0.1, 0.15) is 19.8 Å². The lowest BCUT2D eigenvalue weighted by Gasteiger charge is -2.33. The molecule has 7 nitrogen and oxygen atoms in total. The Labute approximate surface area is 165 Å². The molecule has 2 saturated heterocycles. The van der Waals surface area contributed by atoms with Gasteiger partial charge in [-0.25, -0.2) is 9.18 Å². The fraction of sp³-hybridized carbons (Fsp3) is 0.600. The van der Waals surface area contributed by atoms with Gasteiger partial charge in [0, 0.05) is 51.4 Å². The van der Waals surface area contributed by atoms with Crippen LogP contribution < -0.4 is 15.5 Å². The lowest BCUT2D eigenvalue weighted by molar-refractivity contribution is -0.117. The highest BCUT2D eigenvalue weighted by Gasteiger charge is 2.31. The molecule has 2 aliphatic rings. The molecule has 0 bridgehead atoms. The number of benzene rings is 1. The second-order valence-corrected chi connectivity index (χ2v) is 7.41. The number of hydrogen-bond acceptors (Lipinski definition) is 4. The summed E-state index contributed by atoms with van der Waals surface area (Å²) in [5, 5.41) is 5.74. The lowest BCUT2D eigenvalue weighted by Crippen LogP contribution is -2.47. The van der Waals surface area contributed by atoms with Crippen LogP contribution in [-0.2, 0) is 4.79 Å². The molecule has 0 radical (unpaired) electrons. The van der Waals surface area contributed by atoms with Gasteiger partial charge < -0.3 is 25.3 Å². The van der Waals surface area contributed by atoms with Gasteiger partial charge in [-0.1, -0.05) is 6.92 Å². The number of carbonyl (C=O) groups excluding carboxylic acids is 2. The fourth-order valence-electron chi connectivity index (χ4n) is 3.74. The quantitative estimate of drug-likeness (QED) is 0.687. The topological polar surface area (TPSA) is 67.9 Å². The van der Waals surface area contributed by atoms with Crippen LogP contribution >= 0.6 is 0 Å². The summed E-state index contributed by atoms with van der Waals surface area (Å²) in [6.07, 6.45) is 1.16. The molecule has 0 spiro atoms. The third-order valence-electron chi connectivity index (χ3n) is 5.45. The number of urea groups is 1. The fourth-order valence-corrected chi connectivity index (χ4v) is 3.74. The maximum Gasteiger partial charge on any atom is 0.315 e. The second-order valence-electron chi connectivity index (χ2n) is 7.41. The zero-order valence-electron chi connectivity index (χ0n) is 16.5. The Balaban J connectivity index is 1.33. The Morgan fingerprint density at radius 1 is 1.14 bits per heavy atom. The van der Waals surface area contributed by atoms with E-state index in [1.807, 2.05) is 0 Å². The van der Waals surface area contributed by atoms with Crippen molar-refractivity contribution in [2.45, 2.75) is 25.8 Å². The molecule has 2 fully saturated rings. The van der Waals surface area contributed by atoms with Crippen LogP contribution in [0.25, 0.3) is 0 Å². The Morgan fingerprint density at radius 3 is 2.50 bits per heavy atom. The number of anilines is 1. The van der Waals surface area contributed by atoms with E-state index >= 15 is 0 Å². The number of amides is 3. The zero-order chi connectivity index (χ0) is 19.9. The van der Waals surface area contributed by atoms with E-state index in [1.54, 1.807) is 17.0 Å². The van der Waals surface area contributed by atoms with Crippen molar-refractivity contribution in [3.05, 3.63) is 30.1 Å². The molecule has 0 saturated carbocycles. The first-order chi connectivity index (χ1) is 13.5. The molecule has 3 rings (SSSR count). The van der Waals surface area contributed by atoms with E-state index < -0.39 is 0 Å². The summed E-state index contributed by atoms with van der Waals surface area (Å²) in [5.74, 6) is -0.403. The number of hydrogen-bond donors (Lipinski definition) is 2. The molecule has 3 amide bonds. The first kappa shape index (κ1) is 20.5. The largest absolute Gasteiger partial charge is 0.338 e. The molecule has 28 heavy (non-hydrogen) atoms. The first-order valence-corrected chi connectivity index (χ1v) is 10.1. The predicted molar refractivity (Wildman–Crippen MR) is 107 cm³/mol. The summed E-state index contributed by atoms with van der Waals surface area (Å²) < 4.78 is 13.0. The Bertz CT molecular complexity index is 661. The molecule has 0 aliphatic carbocycles. The number of nitrogens with one attached hydrogen (secondary N) is 2. The standard InChI is InChI=1S/C20H30FN5O2/c1-2-24-10-12-25(13-11-24)9-3-8-22-20(28)23-17-14-19(27)26(15-17)18-6-4-16(21)5-7-18/h4-7,17H,2-3,8-15H2,1H3,(H2,22,23,28)/t17-/m0/s1. The average molecular weight is 391 g/mol. The van der Waals surface area contributed by atoms with Crippen LogP contribution in [0.5, 0.6) is 0 Å². The second kappa shape index (κ2) is 9.84. The van der Waals surface area contributed by atoms with Crippen LogP contribution in [0.3, 0.4) is 0 Å². The minimum Gasteiger partial charge on any atom is -0.338 e. The Hall–Kier alpha value is -2.19. The number of carbonyl (C=O) groups is 2. The minimum atomic E-state index is -0.336. The highest BCUT2D eigenvalue weighted by molar-refractivity contribution is 5.96. The molecular formula is C20H30FN5O2. The molecule has 2 heterocycles. The first-order valence-electron chi connectivity index (χ1n) is 10.1. The summed E-state index contributed by atoms with van der Waals surface area (Å²) in [5.41, 5.74) is 0.652. The van der Waals surface area contributed by atoms with Crippen LogP contribution in [0.4, 0.5) is 14.9 Å². The predicted octanol–water partition coefficient (Wildman–Crippen LogP) is 1.26. The van der Waals surface area contributed by atoms with Crippen LogP contribution in [0.2, 0.25) is 0 Å². The molecule has 1 aromatic rings. The van der Waals surface area contributed by atoms with Crippen LogP contribution in [0.15, 0.2) is 24.3 Å². The van der Waals surface area contributed by atoms with Gasteiger partial charge in [0.2, 0.25) is 5.91 Å². The molecule has 154 valence electrons. The highest BCUT2D eigenvalue weighted by Crippen LogP contribution is 2.21. The number of likely N-dealkylation sites (N-methyl/N-ethyl adjacent to an activating group) is 1. The number of piperazine rings is 1. The maximum atomic E-state index is 13.0. The number of rotatable bonds is 7. The van der Waals surface area contributed by atoms with Gasteiger partial charge in [-0.2, -0.15) is 0 Å². The molecular weight excluding hydrogens is 361 g/mol. The molecule has 1 aromatic carbocycles. The van der Waals surface area contributed by atoms with Crippen molar-refractivity contribution in [1.82, 2.24) is 20.4 Å². The summed E-state index contributed by atoms with van der Waals surface area (Å²) in [6, 6.07) is 5.34. The summed E-state index contributed by atoms with van der Waals surface area (Å²) in [4.78, 5) is 30.7. The summed E-state index contributed by atoms with van der Waals surface area (Å²) >= 11 is 0. The smallest absolute Gasteiger partial charge is 0.315 e. The van der Waals surface area contributed by atoms with E-state index in [-0.39, 0.29) is 30.2 Å². The van der Waals surface area contributed by atoms with Crippen molar-refractivity contribution in [3.8, 4) is 0 Å². The van der Waals surface area contributed by atoms with E-state index in [0.29, 0.717) is 18.8 Å². The maximum absolute atomic E-state index is 13.0. The van der Waals surface area contributed by atoms with Gasteiger partial charge in [0.05, 0.1) is 6.04 Å². The molecule has 1 atom stereocenters.